The smallest absolute Gasteiger partial charge is 0.307 e. The topological polar surface area (TPSA) is 248 Å². The van der Waals surface area contributed by atoms with Crippen LogP contribution in [0.15, 0.2) is 47.6 Å². The largest absolute Gasteiger partial charge is 0.463 e. The lowest BCUT2D eigenvalue weighted by atomic mass is 10.1. The molecule has 0 bridgehead atoms. The van der Waals surface area contributed by atoms with Gasteiger partial charge in [0.15, 0.2) is 0 Å². The Labute approximate surface area is 477 Å². The molecule has 0 atom stereocenters. The number of nitrogens with one attached hydrogen (secondary N) is 6. The molecule has 20 nitrogen and oxygen atoms in total. The summed E-state index contributed by atoms with van der Waals surface area (Å²) in [4.78, 5) is 68.1. The molecule has 0 aliphatic rings. The second-order valence-electron chi connectivity index (χ2n) is 18.0. The highest BCUT2D eigenvalue weighted by atomic mass is 16.6. The van der Waals surface area contributed by atoms with E-state index in [1.165, 1.54) is 6.42 Å². The molecule has 6 N–H and O–H groups in total. The van der Waals surface area contributed by atoms with E-state index in [4.69, 9.17) is 37.9 Å². The van der Waals surface area contributed by atoms with Gasteiger partial charge in [0.25, 0.3) is 0 Å². The lowest BCUT2D eigenvalue weighted by Gasteiger charge is -2.08. The summed E-state index contributed by atoms with van der Waals surface area (Å²) in [6, 6.07) is 0. The molecule has 0 aliphatic heterocycles. The molecule has 0 fully saturated rings. The molecule has 0 rings (SSSR count). The first-order chi connectivity index (χ1) is 38.3. The Morgan fingerprint density at radius 1 is 0.392 bits per heavy atom. The van der Waals surface area contributed by atoms with Crippen molar-refractivity contribution in [3.8, 4) is 0 Å². The molecule has 462 valence electrons. The maximum Gasteiger partial charge on any atom is 0.307 e. The highest BCUT2D eigenvalue weighted by Gasteiger charge is 2.06. The van der Waals surface area contributed by atoms with E-state index in [0.717, 1.165) is 62.9 Å². The van der Waals surface area contributed by atoms with Gasteiger partial charge in [0, 0.05) is 65.0 Å². The SMILES string of the molecule is C/C=C/COCCOC(=O)CCNC.C/C=C/COCCOC(=O)CCNCCCC.CCCCNCCC(=O)OCCOC/C=C(/C)COCCOC(=O)CCNCCCC.CNCCC(=O)C/C=C(/C)CC(=O)CCNC. The number of carbonyl (C=O) groups is 6. The molecule has 0 amide bonds. The van der Waals surface area contributed by atoms with E-state index in [1.807, 2.05) is 78.2 Å². The Kier molecular flexibility index (Phi) is 71.9. The van der Waals surface area contributed by atoms with Gasteiger partial charge in [-0.15, -0.1) is 0 Å². The lowest BCUT2D eigenvalue weighted by Crippen LogP contribution is -2.21. The fourth-order valence-corrected chi connectivity index (χ4v) is 5.69. The van der Waals surface area contributed by atoms with Gasteiger partial charge in [-0.05, 0) is 93.3 Å². The van der Waals surface area contributed by atoms with E-state index in [2.05, 4.69) is 52.7 Å². The number of allylic oxidation sites excluding steroid dienone is 4. The van der Waals surface area contributed by atoms with Crippen molar-refractivity contribution in [3.63, 3.8) is 0 Å². The van der Waals surface area contributed by atoms with Crippen LogP contribution in [0.4, 0.5) is 0 Å². The molecule has 79 heavy (non-hydrogen) atoms. The highest BCUT2D eigenvalue weighted by Crippen LogP contribution is 2.05. The zero-order valence-corrected chi connectivity index (χ0v) is 50.9. The molecule has 0 saturated heterocycles. The second kappa shape index (κ2) is 69.9. The maximum atomic E-state index is 11.6. The normalized spacial score (nSPS) is 11.3. The molecular weight excluding hydrogens is 1020 g/mol. The second-order valence-corrected chi connectivity index (χ2v) is 18.0. The Bertz CT molecular complexity index is 1550. The first-order valence-corrected chi connectivity index (χ1v) is 28.9. The van der Waals surface area contributed by atoms with E-state index < -0.39 is 0 Å². The van der Waals surface area contributed by atoms with Gasteiger partial charge in [-0.3, -0.25) is 28.8 Å². The standard InChI is InChI=1S/C23H44N2O6.C13H24N2O2.C13H25NO3.C10H19NO3/c1-4-6-11-24-13-8-22(26)30-18-16-28-15-10-21(3)20-29-17-19-31-23(27)9-14-25-12-7-5-2;1-11(10-13(17)7-9-15-3)4-5-12(16)6-8-14-2;1-3-5-8-14-9-7-13(15)17-12-11-16-10-6-4-2;1-3-4-7-13-8-9-14-10(12)5-6-11-2/h10,24-25H,4-9,11-20H2,1-3H3;4,14-15H,5-10H2,1-3H3;4,6,14H,3,5,7-12H2,1-2H3;3-4,11H,5-9H2,1-2H3/b21-10-;11-4-;6-4+;4-3+. The fourth-order valence-electron chi connectivity index (χ4n) is 5.69. The molecule has 20 heteroatoms. The van der Waals surface area contributed by atoms with Crippen molar-refractivity contribution in [3.05, 3.63) is 47.6 Å². The minimum atomic E-state index is -0.207. The fraction of sp³-hybridized carbons (Fsp3) is 0.763. The predicted molar refractivity (Wildman–Crippen MR) is 316 cm³/mol. The Hall–Kier alpha value is -4.22. The summed E-state index contributed by atoms with van der Waals surface area (Å²) >= 11 is 0. The van der Waals surface area contributed by atoms with Gasteiger partial charge in [0.1, 0.15) is 38.0 Å². The number of rotatable bonds is 51. The monoisotopic (exact) mass is 1130 g/mol. The van der Waals surface area contributed by atoms with E-state index in [0.29, 0.717) is 157 Å². The molecule has 0 saturated carbocycles. The van der Waals surface area contributed by atoms with Gasteiger partial charge in [-0.25, -0.2) is 0 Å². The van der Waals surface area contributed by atoms with Gasteiger partial charge < -0.3 is 69.8 Å². The van der Waals surface area contributed by atoms with Crippen molar-refractivity contribution < 1.29 is 66.7 Å². The van der Waals surface area contributed by atoms with Crippen molar-refractivity contribution >= 4 is 35.4 Å². The minimum Gasteiger partial charge on any atom is -0.463 e. The van der Waals surface area contributed by atoms with Gasteiger partial charge in [-0.2, -0.15) is 0 Å². The van der Waals surface area contributed by atoms with Crippen LogP contribution in [0.1, 0.15) is 138 Å². The summed E-state index contributed by atoms with van der Waals surface area (Å²) in [5, 5.41) is 18.4. The molecule has 0 heterocycles. The van der Waals surface area contributed by atoms with E-state index >= 15 is 0 Å². The molecular formula is C59H112N6O14. The average molecular weight is 1130 g/mol. The first-order valence-electron chi connectivity index (χ1n) is 28.9. The van der Waals surface area contributed by atoms with Crippen molar-refractivity contribution in [2.75, 3.05) is 159 Å². The Morgan fingerprint density at radius 2 is 0.747 bits per heavy atom. The van der Waals surface area contributed by atoms with Crippen LogP contribution >= 0.6 is 0 Å². The molecule has 0 aliphatic carbocycles. The van der Waals surface area contributed by atoms with Crippen LogP contribution in [0.3, 0.4) is 0 Å². The number of unbranched alkanes of at least 4 members (excludes halogenated alkanes) is 3. The third-order valence-electron chi connectivity index (χ3n) is 10.4. The number of hydrogen-bond acceptors (Lipinski definition) is 20. The van der Waals surface area contributed by atoms with Crippen molar-refractivity contribution in [1.82, 2.24) is 31.9 Å². The molecule has 0 radical (unpaired) electrons. The third kappa shape index (κ3) is 75.9. The Balaban J connectivity index is -0.000000503. The van der Waals surface area contributed by atoms with Crippen LogP contribution in [0.5, 0.6) is 0 Å². The molecule has 0 spiro atoms. The predicted octanol–water partition coefficient (Wildman–Crippen LogP) is 6.32. The summed E-state index contributed by atoms with van der Waals surface area (Å²) in [6.45, 7) is 25.9. The van der Waals surface area contributed by atoms with Crippen LogP contribution in [0, 0.1) is 0 Å². The van der Waals surface area contributed by atoms with E-state index in [9.17, 15) is 28.8 Å². The zero-order chi connectivity index (χ0) is 59.5. The molecule has 0 unspecified atom stereocenters. The quantitative estimate of drug-likeness (QED) is 0.0169. The lowest BCUT2D eigenvalue weighted by molar-refractivity contribution is -0.145. The van der Waals surface area contributed by atoms with Gasteiger partial charge in [0.2, 0.25) is 0 Å². The van der Waals surface area contributed by atoms with Crippen LogP contribution < -0.4 is 31.9 Å². The van der Waals surface area contributed by atoms with E-state index in [-0.39, 0.29) is 48.7 Å². The average Bonchev–Trinajstić information content (AvgIpc) is 3.43. The summed E-state index contributed by atoms with van der Waals surface area (Å²) in [5.41, 5.74) is 2.02. The number of carbonyl (C=O) groups excluding carboxylic acids is 6. The van der Waals surface area contributed by atoms with Crippen LogP contribution in [-0.4, -0.2) is 195 Å². The maximum absolute atomic E-state index is 11.6. The van der Waals surface area contributed by atoms with Crippen molar-refractivity contribution in [2.45, 2.75) is 138 Å². The summed E-state index contributed by atoms with van der Waals surface area (Å²) in [5.74, 6) is -0.335. The first kappa shape index (κ1) is 81.3. The van der Waals surface area contributed by atoms with E-state index in [1.54, 1.807) is 7.05 Å². The van der Waals surface area contributed by atoms with Gasteiger partial charge in [0.05, 0.1) is 78.5 Å². The van der Waals surface area contributed by atoms with Gasteiger partial charge in [-0.1, -0.05) is 82.1 Å². The molecule has 0 aromatic carbocycles. The molecule has 0 aromatic rings. The van der Waals surface area contributed by atoms with Crippen LogP contribution in [0.2, 0.25) is 0 Å². The number of ketones is 2. The number of hydrogen-bond donors (Lipinski definition) is 6. The van der Waals surface area contributed by atoms with Gasteiger partial charge >= 0.3 is 23.9 Å². The number of Topliss-reactive ketones (excluding diaryl/α,β-unsaturated/α-hetero) is 2. The summed E-state index contributed by atoms with van der Waals surface area (Å²) in [7, 11) is 5.46. The minimum absolute atomic E-state index is 0.163. The van der Waals surface area contributed by atoms with Crippen LogP contribution in [-0.2, 0) is 66.7 Å². The summed E-state index contributed by atoms with van der Waals surface area (Å²) in [6.07, 6.45) is 21.9. The number of esters is 4. The highest BCUT2D eigenvalue weighted by molar-refractivity contribution is 5.82. The number of ether oxygens (including phenoxy) is 8. The zero-order valence-electron chi connectivity index (χ0n) is 50.9. The third-order valence-corrected chi connectivity index (χ3v) is 10.4. The van der Waals surface area contributed by atoms with Crippen molar-refractivity contribution in [1.29, 1.82) is 0 Å². The summed E-state index contributed by atoms with van der Waals surface area (Å²) < 4.78 is 41.4. The van der Waals surface area contributed by atoms with Crippen molar-refractivity contribution in [2.24, 2.45) is 0 Å². The van der Waals surface area contributed by atoms with Crippen LogP contribution in [0.25, 0.3) is 0 Å². The Morgan fingerprint density at radius 3 is 1.13 bits per heavy atom. The molecule has 0 aromatic heterocycles.